The minimum Gasteiger partial charge on any atom is -0.485 e. The number of ether oxygens (including phenoxy) is 3. The molecule has 0 unspecified atom stereocenters. The number of carbonyl (C=O) groups is 1. The monoisotopic (exact) mass is 437 g/mol. The van der Waals surface area contributed by atoms with Crippen LogP contribution in [-0.2, 0) is 4.74 Å². The van der Waals surface area contributed by atoms with E-state index in [0.29, 0.717) is 68.1 Å². The van der Waals surface area contributed by atoms with Crippen molar-refractivity contribution in [2.24, 2.45) is 0 Å². The standard InChI is InChI=1S/C23H27N5O4/c1-14(2)25-18-13-19(27-22-15(18)5-6-24-22)26-17-4-3-16(20-21(17)32-12-11-31-20)23(29)28-7-9-30-10-8-28/h3-6,13-14H,7-12H2,1-2H3,(H3,24,25,26,27). The molecule has 4 heterocycles. The van der Waals surface area contributed by atoms with Crippen molar-refractivity contribution in [1.29, 1.82) is 0 Å². The van der Waals surface area contributed by atoms with Crippen molar-refractivity contribution in [3.05, 3.63) is 36.0 Å². The number of nitrogens with zero attached hydrogens (tertiary/aromatic N) is 2. The van der Waals surface area contributed by atoms with Gasteiger partial charge in [0.2, 0.25) is 0 Å². The third kappa shape index (κ3) is 3.91. The Bertz CT molecular complexity index is 1140. The van der Waals surface area contributed by atoms with Gasteiger partial charge < -0.3 is 34.7 Å². The summed E-state index contributed by atoms with van der Waals surface area (Å²) in [5.74, 6) is 1.59. The number of hydrogen-bond acceptors (Lipinski definition) is 7. The predicted molar refractivity (Wildman–Crippen MR) is 122 cm³/mol. The first-order chi connectivity index (χ1) is 15.6. The number of H-pyrrole nitrogens is 1. The molecule has 2 aliphatic rings. The molecule has 1 amide bonds. The lowest BCUT2D eigenvalue weighted by Crippen LogP contribution is -2.41. The van der Waals surface area contributed by atoms with Crippen LogP contribution in [0.25, 0.3) is 11.0 Å². The molecule has 0 atom stereocenters. The molecule has 0 radical (unpaired) electrons. The van der Waals surface area contributed by atoms with E-state index in [2.05, 4.69) is 34.4 Å². The normalized spacial score (nSPS) is 15.8. The Morgan fingerprint density at radius 3 is 2.62 bits per heavy atom. The number of pyridine rings is 1. The Balaban J connectivity index is 1.49. The van der Waals surface area contributed by atoms with Crippen LogP contribution in [0.1, 0.15) is 24.2 Å². The molecule has 9 nitrogen and oxygen atoms in total. The lowest BCUT2D eigenvalue weighted by molar-refractivity contribution is 0.0298. The Morgan fingerprint density at radius 1 is 1.06 bits per heavy atom. The van der Waals surface area contributed by atoms with Gasteiger partial charge in [-0.3, -0.25) is 4.79 Å². The molecule has 168 valence electrons. The minimum absolute atomic E-state index is 0.0732. The van der Waals surface area contributed by atoms with E-state index in [0.717, 1.165) is 16.7 Å². The van der Waals surface area contributed by atoms with Crippen molar-refractivity contribution < 1.29 is 19.0 Å². The quantitative estimate of drug-likeness (QED) is 0.563. The van der Waals surface area contributed by atoms with Crippen LogP contribution in [0.2, 0.25) is 0 Å². The van der Waals surface area contributed by atoms with E-state index in [1.54, 1.807) is 11.0 Å². The topological polar surface area (TPSA) is 101 Å². The molecule has 1 fully saturated rings. The highest BCUT2D eigenvalue weighted by Gasteiger charge is 2.28. The maximum Gasteiger partial charge on any atom is 0.257 e. The van der Waals surface area contributed by atoms with Crippen molar-refractivity contribution in [3.8, 4) is 11.5 Å². The molecule has 0 bridgehead atoms. The van der Waals surface area contributed by atoms with Gasteiger partial charge in [0.15, 0.2) is 11.5 Å². The molecular weight excluding hydrogens is 410 g/mol. The smallest absolute Gasteiger partial charge is 0.257 e. The molecule has 3 N–H and O–H groups in total. The van der Waals surface area contributed by atoms with Gasteiger partial charge in [0, 0.05) is 42.5 Å². The lowest BCUT2D eigenvalue weighted by atomic mass is 10.1. The molecule has 1 aromatic carbocycles. The number of aromatic amines is 1. The van der Waals surface area contributed by atoms with Crippen LogP contribution in [-0.4, -0.2) is 66.3 Å². The van der Waals surface area contributed by atoms with Crippen molar-refractivity contribution in [2.75, 3.05) is 50.2 Å². The Kier molecular flexibility index (Phi) is 5.48. The Morgan fingerprint density at radius 2 is 1.84 bits per heavy atom. The number of morpholine rings is 1. The first-order valence-electron chi connectivity index (χ1n) is 10.9. The van der Waals surface area contributed by atoms with Crippen LogP contribution in [0.5, 0.6) is 11.5 Å². The highest BCUT2D eigenvalue weighted by molar-refractivity contribution is 5.99. The number of rotatable bonds is 5. The van der Waals surface area contributed by atoms with Crippen LogP contribution in [0.15, 0.2) is 30.5 Å². The summed E-state index contributed by atoms with van der Waals surface area (Å²) in [6.07, 6.45) is 1.87. The molecular formula is C23H27N5O4. The summed E-state index contributed by atoms with van der Waals surface area (Å²) >= 11 is 0. The number of hydrogen-bond donors (Lipinski definition) is 3. The molecule has 5 rings (SSSR count). The van der Waals surface area contributed by atoms with Gasteiger partial charge in [-0.15, -0.1) is 0 Å². The minimum atomic E-state index is -0.0732. The molecule has 2 aromatic heterocycles. The second kappa shape index (κ2) is 8.58. The summed E-state index contributed by atoms with van der Waals surface area (Å²) in [5.41, 5.74) is 2.97. The van der Waals surface area contributed by atoms with Gasteiger partial charge in [0.1, 0.15) is 24.7 Å². The zero-order valence-corrected chi connectivity index (χ0v) is 18.2. The molecule has 3 aromatic rings. The van der Waals surface area contributed by atoms with Crippen LogP contribution >= 0.6 is 0 Å². The second-order valence-corrected chi connectivity index (χ2v) is 8.14. The largest absolute Gasteiger partial charge is 0.485 e. The summed E-state index contributed by atoms with van der Waals surface area (Å²) in [7, 11) is 0. The molecule has 1 saturated heterocycles. The van der Waals surface area contributed by atoms with Gasteiger partial charge in [-0.1, -0.05) is 0 Å². The van der Waals surface area contributed by atoms with Crippen LogP contribution in [0.3, 0.4) is 0 Å². The average Bonchev–Trinajstić information content (AvgIpc) is 3.28. The second-order valence-electron chi connectivity index (χ2n) is 8.14. The molecule has 0 spiro atoms. The lowest BCUT2D eigenvalue weighted by Gasteiger charge is -2.29. The average molecular weight is 438 g/mol. The summed E-state index contributed by atoms with van der Waals surface area (Å²) in [6.45, 7) is 7.24. The molecule has 32 heavy (non-hydrogen) atoms. The van der Waals surface area contributed by atoms with Gasteiger partial charge in [-0.05, 0) is 32.0 Å². The molecule has 2 aliphatic heterocycles. The SMILES string of the molecule is CC(C)Nc1cc(Nc2ccc(C(=O)N3CCOCC3)c3c2OCCO3)nc2[nH]ccc12. The van der Waals surface area contributed by atoms with Crippen LogP contribution < -0.4 is 20.1 Å². The maximum atomic E-state index is 13.1. The molecule has 0 aliphatic carbocycles. The van der Waals surface area contributed by atoms with Gasteiger partial charge in [0.25, 0.3) is 5.91 Å². The predicted octanol–water partition coefficient (Wildman–Crippen LogP) is 3.37. The fourth-order valence-corrected chi connectivity index (χ4v) is 4.01. The fourth-order valence-electron chi connectivity index (χ4n) is 4.01. The zero-order valence-electron chi connectivity index (χ0n) is 18.2. The number of amides is 1. The fraction of sp³-hybridized carbons (Fsp3) is 0.391. The summed E-state index contributed by atoms with van der Waals surface area (Å²) in [5, 5.41) is 7.84. The first-order valence-corrected chi connectivity index (χ1v) is 10.9. The van der Waals surface area contributed by atoms with Gasteiger partial charge >= 0.3 is 0 Å². The van der Waals surface area contributed by atoms with Crippen molar-refractivity contribution in [2.45, 2.75) is 19.9 Å². The van der Waals surface area contributed by atoms with E-state index in [1.165, 1.54) is 0 Å². The van der Waals surface area contributed by atoms with Gasteiger partial charge in [-0.25, -0.2) is 4.98 Å². The molecule has 9 heteroatoms. The number of benzene rings is 1. The van der Waals surface area contributed by atoms with Crippen molar-refractivity contribution >= 4 is 34.1 Å². The van der Waals surface area contributed by atoms with Crippen LogP contribution in [0, 0.1) is 0 Å². The number of anilines is 3. The van der Waals surface area contributed by atoms with E-state index >= 15 is 0 Å². The number of fused-ring (bicyclic) bond motifs is 2. The van der Waals surface area contributed by atoms with Crippen molar-refractivity contribution in [3.63, 3.8) is 0 Å². The number of carbonyl (C=O) groups excluding carboxylic acids is 1. The highest BCUT2D eigenvalue weighted by Crippen LogP contribution is 2.42. The number of aromatic nitrogens is 2. The third-order valence-corrected chi connectivity index (χ3v) is 5.45. The van der Waals surface area contributed by atoms with Crippen LogP contribution in [0.4, 0.5) is 17.2 Å². The van der Waals surface area contributed by atoms with Gasteiger partial charge in [-0.2, -0.15) is 0 Å². The van der Waals surface area contributed by atoms with E-state index in [-0.39, 0.29) is 11.9 Å². The summed E-state index contributed by atoms with van der Waals surface area (Å²) in [4.78, 5) is 22.7. The van der Waals surface area contributed by atoms with E-state index in [4.69, 9.17) is 14.2 Å². The third-order valence-electron chi connectivity index (χ3n) is 5.45. The van der Waals surface area contributed by atoms with Crippen molar-refractivity contribution in [1.82, 2.24) is 14.9 Å². The number of nitrogens with one attached hydrogen (secondary N) is 3. The van der Waals surface area contributed by atoms with E-state index in [9.17, 15) is 4.79 Å². The highest BCUT2D eigenvalue weighted by atomic mass is 16.6. The Labute approximate surface area is 186 Å². The summed E-state index contributed by atoms with van der Waals surface area (Å²) < 4.78 is 17.2. The maximum absolute atomic E-state index is 13.1. The van der Waals surface area contributed by atoms with Gasteiger partial charge in [0.05, 0.1) is 24.5 Å². The zero-order chi connectivity index (χ0) is 22.1. The first kappa shape index (κ1) is 20.4. The van der Waals surface area contributed by atoms with E-state index in [1.807, 2.05) is 24.4 Å². The Hall–Kier alpha value is -3.46. The molecule has 0 saturated carbocycles. The summed E-state index contributed by atoms with van der Waals surface area (Å²) in [6, 6.07) is 7.88. The van der Waals surface area contributed by atoms with E-state index < -0.39 is 0 Å².